The molecule has 5 rings (SSSR count). The highest BCUT2D eigenvalue weighted by Gasteiger charge is 2.21. The van der Waals surface area contributed by atoms with Gasteiger partial charge >= 0.3 is 5.69 Å². The Hall–Kier alpha value is -3.36. The summed E-state index contributed by atoms with van der Waals surface area (Å²) < 4.78 is 19.7. The Morgan fingerprint density at radius 2 is 1.88 bits per heavy atom. The van der Waals surface area contributed by atoms with Gasteiger partial charge in [-0.2, -0.15) is 5.10 Å². The molecule has 32 heavy (non-hydrogen) atoms. The van der Waals surface area contributed by atoms with Crippen molar-refractivity contribution in [2.45, 2.75) is 19.9 Å². The van der Waals surface area contributed by atoms with E-state index in [1.165, 1.54) is 16.7 Å². The van der Waals surface area contributed by atoms with Gasteiger partial charge in [0, 0.05) is 47.8 Å². The third kappa shape index (κ3) is 3.41. The summed E-state index contributed by atoms with van der Waals surface area (Å²) in [6.07, 6.45) is 4.61. The molecule has 0 aliphatic rings. The van der Waals surface area contributed by atoms with E-state index in [0.717, 1.165) is 34.0 Å². The lowest BCUT2D eigenvalue weighted by molar-refractivity contribution is 0.629. The zero-order chi connectivity index (χ0) is 21.7. The monoisotopic (exact) mass is 454 g/mol. The first kappa shape index (κ1) is 21.9. The molecule has 3 aromatic heterocycles. The Morgan fingerprint density at radius 1 is 1.09 bits per heavy atom. The molecule has 2 aromatic carbocycles. The standard InChI is InChI=1S/C23H23FN6O.ClH/c1-14-4-6-19-16(10-14)18(12-28(19)2)22-26-27-23(31)30(22)21-13-29(9-3-8-25)20-7-5-15(24)11-17(20)21;/h4-7,10-13H,3,8-9,25H2,1-2H3,(H,27,31);1H. The summed E-state index contributed by atoms with van der Waals surface area (Å²) in [7, 11) is 1.96. The number of hydrogen-bond donors (Lipinski definition) is 2. The van der Waals surface area contributed by atoms with Crippen LogP contribution in [0.4, 0.5) is 4.39 Å². The van der Waals surface area contributed by atoms with Crippen LogP contribution >= 0.6 is 12.4 Å². The zero-order valence-electron chi connectivity index (χ0n) is 17.8. The molecular formula is C23H24ClFN6O. The van der Waals surface area contributed by atoms with Crippen LogP contribution in [0.3, 0.4) is 0 Å². The minimum Gasteiger partial charge on any atom is -0.350 e. The number of nitrogens with one attached hydrogen (secondary N) is 1. The van der Waals surface area contributed by atoms with E-state index in [2.05, 4.69) is 28.4 Å². The van der Waals surface area contributed by atoms with Crippen molar-refractivity contribution >= 4 is 34.2 Å². The van der Waals surface area contributed by atoms with E-state index in [-0.39, 0.29) is 23.9 Å². The van der Waals surface area contributed by atoms with E-state index in [1.54, 1.807) is 6.07 Å². The maximum atomic E-state index is 14.2. The molecule has 0 spiro atoms. The highest BCUT2D eigenvalue weighted by Crippen LogP contribution is 2.32. The number of fused-ring (bicyclic) bond motifs is 2. The van der Waals surface area contributed by atoms with Crippen molar-refractivity contribution in [3.63, 3.8) is 0 Å². The van der Waals surface area contributed by atoms with E-state index < -0.39 is 0 Å². The van der Waals surface area contributed by atoms with Gasteiger partial charge in [-0.3, -0.25) is 0 Å². The Balaban J connectivity index is 0.00000245. The molecule has 5 aromatic rings. The number of aromatic amines is 1. The molecule has 7 nitrogen and oxygen atoms in total. The average molecular weight is 455 g/mol. The Kier molecular flexibility index (Phi) is 5.66. The molecule has 0 saturated heterocycles. The minimum absolute atomic E-state index is 0. The molecule has 0 fully saturated rings. The molecule has 0 bridgehead atoms. The molecule has 0 unspecified atom stereocenters. The summed E-state index contributed by atoms with van der Waals surface area (Å²) in [5, 5.41) is 8.58. The maximum absolute atomic E-state index is 14.2. The van der Waals surface area contributed by atoms with Crippen LogP contribution in [0.1, 0.15) is 12.0 Å². The van der Waals surface area contributed by atoms with Gasteiger partial charge in [-0.15, -0.1) is 12.4 Å². The van der Waals surface area contributed by atoms with Gasteiger partial charge in [-0.25, -0.2) is 18.9 Å². The number of rotatable bonds is 5. The Morgan fingerprint density at radius 3 is 2.66 bits per heavy atom. The lowest BCUT2D eigenvalue weighted by Gasteiger charge is -2.04. The first-order valence-corrected chi connectivity index (χ1v) is 10.2. The molecule has 3 heterocycles. The third-order valence-corrected chi connectivity index (χ3v) is 5.72. The highest BCUT2D eigenvalue weighted by atomic mass is 35.5. The first-order valence-electron chi connectivity index (χ1n) is 10.2. The van der Waals surface area contributed by atoms with Gasteiger partial charge in [-0.05, 0) is 50.2 Å². The molecule has 0 aliphatic carbocycles. The van der Waals surface area contributed by atoms with Crippen molar-refractivity contribution in [3.05, 3.63) is 70.7 Å². The molecule has 0 aliphatic heterocycles. The fourth-order valence-electron chi connectivity index (χ4n) is 4.26. The summed E-state index contributed by atoms with van der Waals surface area (Å²) in [6, 6.07) is 10.8. The zero-order valence-corrected chi connectivity index (χ0v) is 18.6. The summed E-state index contributed by atoms with van der Waals surface area (Å²) in [5.41, 5.74) is 9.74. The number of nitrogens with zero attached hydrogens (tertiary/aromatic N) is 4. The lowest BCUT2D eigenvalue weighted by Crippen LogP contribution is -2.15. The first-order chi connectivity index (χ1) is 15.0. The normalized spacial score (nSPS) is 11.4. The van der Waals surface area contributed by atoms with Crippen molar-refractivity contribution in [2.24, 2.45) is 12.8 Å². The highest BCUT2D eigenvalue weighted by molar-refractivity contribution is 5.96. The SMILES string of the molecule is Cc1ccc2c(c1)c(-c1n[nH]c(=O)n1-c1cn(CCCN)c3ccc(F)cc13)cn2C.Cl. The number of aryl methyl sites for hydroxylation is 3. The summed E-state index contributed by atoms with van der Waals surface area (Å²) >= 11 is 0. The molecule has 0 atom stereocenters. The number of nitrogens with two attached hydrogens (primary N) is 1. The topological polar surface area (TPSA) is 86.6 Å². The second kappa shape index (κ2) is 8.29. The second-order valence-corrected chi connectivity index (χ2v) is 7.87. The van der Waals surface area contributed by atoms with Crippen molar-refractivity contribution in [2.75, 3.05) is 6.54 Å². The predicted molar refractivity (Wildman–Crippen MR) is 127 cm³/mol. The van der Waals surface area contributed by atoms with Crippen LogP contribution in [-0.2, 0) is 13.6 Å². The molecule has 0 amide bonds. The minimum atomic E-state index is -0.373. The summed E-state index contributed by atoms with van der Waals surface area (Å²) in [4.78, 5) is 12.9. The van der Waals surface area contributed by atoms with Gasteiger partial charge in [0.2, 0.25) is 0 Å². The quantitative estimate of drug-likeness (QED) is 0.422. The van der Waals surface area contributed by atoms with Crippen LogP contribution in [-0.4, -0.2) is 30.4 Å². The smallest absolute Gasteiger partial charge is 0.348 e. The fraction of sp³-hybridized carbons (Fsp3) is 0.217. The molecular weight excluding hydrogens is 431 g/mol. The van der Waals surface area contributed by atoms with Gasteiger partial charge in [0.25, 0.3) is 0 Å². The Labute approximate surface area is 189 Å². The van der Waals surface area contributed by atoms with Gasteiger partial charge in [0.15, 0.2) is 5.82 Å². The van der Waals surface area contributed by atoms with Crippen molar-refractivity contribution in [3.8, 4) is 17.1 Å². The van der Waals surface area contributed by atoms with Crippen LogP contribution < -0.4 is 11.4 Å². The molecule has 0 radical (unpaired) electrons. The molecule has 3 N–H and O–H groups in total. The predicted octanol–water partition coefficient (Wildman–Crippen LogP) is 3.89. The van der Waals surface area contributed by atoms with E-state index in [4.69, 9.17) is 5.73 Å². The summed E-state index contributed by atoms with van der Waals surface area (Å²) in [6.45, 7) is 3.25. The summed E-state index contributed by atoms with van der Waals surface area (Å²) in [5.74, 6) is 0.132. The molecule has 0 saturated carbocycles. The van der Waals surface area contributed by atoms with E-state index in [1.807, 2.05) is 35.5 Å². The number of hydrogen-bond acceptors (Lipinski definition) is 3. The van der Waals surface area contributed by atoms with Gasteiger partial charge in [-0.1, -0.05) is 11.6 Å². The maximum Gasteiger partial charge on any atom is 0.348 e. The van der Waals surface area contributed by atoms with Crippen LogP contribution in [0.5, 0.6) is 0 Å². The van der Waals surface area contributed by atoms with Crippen molar-refractivity contribution in [1.82, 2.24) is 23.9 Å². The second-order valence-electron chi connectivity index (χ2n) is 7.87. The number of halogens is 2. The van der Waals surface area contributed by atoms with E-state index in [0.29, 0.717) is 30.0 Å². The lowest BCUT2D eigenvalue weighted by atomic mass is 10.1. The molecule has 9 heteroatoms. The average Bonchev–Trinajstić information content (AvgIpc) is 3.39. The largest absolute Gasteiger partial charge is 0.350 e. The van der Waals surface area contributed by atoms with Crippen molar-refractivity contribution < 1.29 is 4.39 Å². The fourth-order valence-corrected chi connectivity index (χ4v) is 4.26. The van der Waals surface area contributed by atoms with Gasteiger partial charge in [0.05, 0.1) is 11.2 Å². The van der Waals surface area contributed by atoms with Crippen LogP contribution in [0.2, 0.25) is 0 Å². The van der Waals surface area contributed by atoms with Gasteiger partial charge in [0.1, 0.15) is 5.82 Å². The van der Waals surface area contributed by atoms with E-state index in [9.17, 15) is 9.18 Å². The van der Waals surface area contributed by atoms with Crippen molar-refractivity contribution in [1.29, 1.82) is 0 Å². The number of aromatic nitrogens is 5. The van der Waals surface area contributed by atoms with Crippen LogP contribution in [0, 0.1) is 12.7 Å². The van der Waals surface area contributed by atoms with Crippen LogP contribution in [0.15, 0.2) is 53.6 Å². The van der Waals surface area contributed by atoms with Crippen LogP contribution in [0.25, 0.3) is 38.9 Å². The van der Waals surface area contributed by atoms with Gasteiger partial charge < -0.3 is 14.9 Å². The number of H-pyrrole nitrogens is 1. The van der Waals surface area contributed by atoms with E-state index >= 15 is 0 Å². The third-order valence-electron chi connectivity index (χ3n) is 5.72. The number of benzene rings is 2. The Bertz CT molecular complexity index is 1490. The molecule has 166 valence electrons.